The van der Waals surface area contributed by atoms with Gasteiger partial charge in [0.2, 0.25) is 0 Å². The highest BCUT2D eigenvalue weighted by molar-refractivity contribution is 6.03. The van der Waals surface area contributed by atoms with Crippen LogP contribution in [0.15, 0.2) is 79.3 Å². The fraction of sp³-hybridized carbons (Fsp3) is 0.0833. The van der Waals surface area contributed by atoms with Crippen molar-refractivity contribution in [3.63, 3.8) is 0 Å². The molecular weight excluding hydrogens is 390 g/mol. The second-order valence-corrected chi connectivity index (χ2v) is 6.96. The molecule has 0 radical (unpaired) electrons. The van der Waals surface area contributed by atoms with Gasteiger partial charge in [0.15, 0.2) is 0 Å². The highest BCUT2D eigenvalue weighted by Crippen LogP contribution is 2.23. The minimum Gasteiger partial charge on any atom is -0.457 e. The molecule has 3 aromatic heterocycles. The quantitative estimate of drug-likeness (QED) is 0.449. The van der Waals surface area contributed by atoms with Gasteiger partial charge in [-0.2, -0.15) is 0 Å². The zero-order valence-electron chi connectivity index (χ0n) is 17.2. The number of rotatable bonds is 6. The molecule has 4 aromatic rings. The maximum Gasteiger partial charge on any atom is 0.274 e. The summed E-state index contributed by atoms with van der Waals surface area (Å²) in [5, 5.41) is 6.08. The first kappa shape index (κ1) is 20.0. The molecule has 0 bridgehead atoms. The van der Waals surface area contributed by atoms with Crippen LogP contribution in [0.1, 0.15) is 21.9 Å². The summed E-state index contributed by atoms with van der Waals surface area (Å²) in [6.07, 6.45) is 5.06. The Morgan fingerprint density at radius 2 is 1.45 bits per heavy atom. The molecule has 7 heteroatoms. The summed E-state index contributed by atoms with van der Waals surface area (Å²) in [6.45, 7) is 3.83. The largest absolute Gasteiger partial charge is 0.457 e. The van der Waals surface area contributed by atoms with Crippen LogP contribution < -0.4 is 15.4 Å². The SMILES string of the molecule is Cc1cc(Nc2ccc(C(=O)Nc3ccc(Oc4ccnc(C)c4)cc3)nc2)ccn1. The molecule has 7 nitrogen and oxygen atoms in total. The van der Waals surface area contributed by atoms with Crippen LogP contribution in [0.4, 0.5) is 17.1 Å². The van der Waals surface area contributed by atoms with Crippen molar-refractivity contribution >= 4 is 23.0 Å². The van der Waals surface area contributed by atoms with Crippen LogP contribution in [0.25, 0.3) is 0 Å². The third kappa shape index (κ3) is 5.42. The molecule has 4 rings (SSSR count). The van der Waals surface area contributed by atoms with Crippen molar-refractivity contribution < 1.29 is 9.53 Å². The number of anilines is 3. The maximum absolute atomic E-state index is 12.5. The van der Waals surface area contributed by atoms with Gasteiger partial charge in [-0.1, -0.05) is 0 Å². The van der Waals surface area contributed by atoms with E-state index in [9.17, 15) is 4.79 Å². The Morgan fingerprint density at radius 1 is 0.742 bits per heavy atom. The van der Waals surface area contributed by atoms with Crippen LogP contribution in [-0.2, 0) is 0 Å². The number of amides is 1. The lowest BCUT2D eigenvalue weighted by Crippen LogP contribution is -2.13. The first-order chi connectivity index (χ1) is 15.0. The lowest BCUT2D eigenvalue weighted by atomic mass is 10.2. The van der Waals surface area contributed by atoms with E-state index in [0.29, 0.717) is 22.9 Å². The van der Waals surface area contributed by atoms with Crippen LogP contribution in [-0.4, -0.2) is 20.9 Å². The number of nitrogens with zero attached hydrogens (tertiary/aromatic N) is 3. The number of hydrogen-bond donors (Lipinski definition) is 2. The molecule has 0 saturated carbocycles. The van der Waals surface area contributed by atoms with Crippen molar-refractivity contribution in [3.8, 4) is 11.5 Å². The number of hydrogen-bond acceptors (Lipinski definition) is 6. The summed E-state index contributed by atoms with van der Waals surface area (Å²) in [7, 11) is 0. The lowest BCUT2D eigenvalue weighted by Gasteiger charge is -2.09. The Bertz CT molecular complexity index is 1190. The van der Waals surface area contributed by atoms with E-state index in [0.717, 1.165) is 22.8 Å². The number of aryl methyl sites for hydroxylation is 2. The monoisotopic (exact) mass is 411 g/mol. The van der Waals surface area contributed by atoms with Crippen LogP contribution in [0.3, 0.4) is 0 Å². The average Bonchev–Trinajstić information content (AvgIpc) is 2.76. The molecule has 154 valence electrons. The predicted molar refractivity (Wildman–Crippen MR) is 120 cm³/mol. The van der Waals surface area contributed by atoms with Gasteiger partial charge < -0.3 is 15.4 Å². The summed E-state index contributed by atoms with van der Waals surface area (Å²) in [6, 6.07) is 18.1. The second kappa shape index (κ2) is 9.04. The van der Waals surface area contributed by atoms with Crippen LogP contribution >= 0.6 is 0 Å². The van der Waals surface area contributed by atoms with Gasteiger partial charge in [0.1, 0.15) is 17.2 Å². The zero-order valence-corrected chi connectivity index (χ0v) is 17.2. The highest BCUT2D eigenvalue weighted by atomic mass is 16.5. The predicted octanol–water partition coefficient (Wildman–Crippen LogP) is 5.28. The molecule has 0 spiro atoms. The molecule has 0 fully saturated rings. The molecule has 31 heavy (non-hydrogen) atoms. The minimum atomic E-state index is -0.287. The van der Waals surface area contributed by atoms with E-state index in [2.05, 4.69) is 25.6 Å². The van der Waals surface area contributed by atoms with Gasteiger partial charge in [-0.15, -0.1) is 0 Å². The van der Waals surface area contributed by atoms with E-state index in [1.165, 1.54) is 0 Å². The topological polar surface area (TPSA) is 89.0 Å². The summed E-state index contributed by atoms with van der Waals surface area (Å²) < 4.78 is 5.80. The Morgan fingerprint density at radius 3 is 2.13 bits per heavy atom. The highest BCUT2D eigenvalue weighted by Gasteiger charge is 2.08. The van der Waals surface area contributed by atoms with Crippen molar-refractivity contribution in [1.82, 2.24) is 15.0 Å². The lowest BCUT2D eigenvalue weighted by molar-refractivity contribution is 0.102. The molecule has 1 aromatic carbocycles. The maximum atomic E-state index is 12.5. The van der Waals surface area contributed by atoms with Gasteiger partial charge in [0, 0.05) is 41.2 Å². The van der Waals surface area contributed by atoms with Crippen LogP contribution in [0.5, 0.6) is 11.5 Å². The summed E-state index contributed by atoms with van der Waals surface area (Å²) >= 11 is 0. The first-order valence-corrected chi connectivity index (χ1v) is 9.73. The molecular formula is C24H21N5O2. The van der Waals surface area contributed by atoms with Gasteiger partial charge in [-0.3, -0.25) is 14.8 Å². The Kier molecular flexibility index (Phi) is 5.84. The number of carbonyl (C=O) groups is 1. The van der Waals surface area contributed by atoms with Gasteiger partial charge in [0.05, 0.1) is 11.9 Å². The van der Waals surface area contributed by atoms with Crippen LogP contribution in [0, 0.1) is 13.8 Å². The minimum absolute atomic E-state index is 0.287. The van der Waals surface area contributed by atoms with E-state index in [-0.39, 0.29) is 5.91 Å². The Labute approximate surface area is 180 Å². The summed E-state index contributed by atoms with van der Waals surface area (Å²) in [4.78, 5) is 25.1. The van der Waals surface area contributed by atoms with Crippen molar-refractivity contribution in [2.45, 2.75) is 13.8 Å². The Hall–Kier alpha value is -4.26. The Balaban J connectivity index is 1.36. The average molecular weight is 411 g/mol. The molecule has 3 heterocycles. The van der Waals surface area contributed by atoms with Crippen molar-refractivity contribution in [1.29, 1.82) is 0 Å². The fourth-order valence-electron chi connectivity index (χ4n) is 2.91. The number of carbonyl (C=O) groups excluding carboxylic acids is 1. The second-order valence-electron chi connectivity index (χ2n) is 6.96. The third-order valence-electron chi connectivity index (χ3n) is 4.40. The number of aromatic nitrogens is 3. The summed E-state index contributed by atoms with van der Waals surface area (Å²) in [5.74, 6) is 1.09. The number of benzene rings is 1. The molecule has 0 unspecified atom stereocenters. The fourth-order valence-corrected chi connectivity index (χ4v) is 2.91. The van der Waals surface area contributed by atoms with Crippen molar-refractivity contribution in [2.24, 2.45) is 0 Å². The van der Waals surface area contributed by atoms with Crippen molar-refractivity contribution in [2.75, 3.05) is 10.6 Å². The van der Waals surface area contributed by atoms with Crippen molar-refractivity contribution in [3.05, 3.63) is 96.3 Å². The molecule has 2 N–H and O–H groups in total. The zero-order chi connectivity index (χ0) is 21.6. The smallest absolute Gasteiger partial charge is 0.274 e. The van der Waals surface area contributed by atoms with Gasteiger partial charge >= 0.3 is 0 Å². The molecule has 0 aliphatic heterocycles. The molecule has 0 atom stereocenters. The van der Waals surface area contributed by atoms with E-state index >= 15 is 0 Å². The molecule has 0 aliphatic rings. The summed E-state index contributed by atoms with van der Waals surface area (Å²) in [5.41, 5.74) is 4.47. The number of ether oxygens (including phenoxy) is 1. The molecule has 1 amide bonds. The van der Waals surface area contributed by atoms with E-state index in [1.54, 1.807) is 55.0 Å². The van der Waals surface area contributed by atoms with E-state index < -0.39 is 0 Å². The molecule has 0 saturated heterocycles. The third-order valence-corrected chi connectivity index (χ3v) is 4.40. The van der Waals surface area contributed by atoms with E-state index in [1.807, 2.05) is 38.1 Å². The van der Waals surface area contributed by atoms with Gasteiger partial charge in [-0.25, -0.2) is 4.98 Å². The van der Waals surface area contributed by atoms with E-state index in [4.69, 9.17) is 4.74 Å². The standard InChI is InChI=1S/C24H21N5O2/c1-16-13-19(9-11-25-16)28-20-5-8-23(27-15-20)24(30)29-18-3-6-21(7-4-18)31-22-10-12-26-17(2)14-22/h3-15H,1-2H3,(H,25,28)(H,29,30). The normalized spacial score (nSPS) is 10.4. The number of pyridine rings is 3. The van der Waals surface area contributed by atoms with Crippen LogP contribution in [0.2, 0.25) is 0 Å². The molecule has 0 aliphatic carbocycles. The number of nitrogens with one attached hydrogen (secondary N) is 2. The van der Waals surface area contributed by atoms with Gasteiger partial charge in [-0.05, 0) is 68.4 Å². The first-order valence-electron chi connectivity index (χ1n) is 9.73. The van der Waals surface area contributed by atoms with Gasteiger partial charge in [0.25, 0.3) is 5.91 Å².